The fourth-order valence-corrected chi connectivity index (χ4v) is 1.84. The Bertz CT molecular complexity index is 579. The monoisotopic (exact) mass is 220 g/mol. The van der Waals surface area contributed by atoms with Gasteiger partial charge < -0.3 is 5.73 Å². The van der Waals surface area contributed by atoms with Crippen molar-refractivity contribution in [1.82, 2.24) is 14.1 Å². The Labute approximate surface area is 93.5 Å². The van der Waals surface area contributed by atoms with Crippen LogP contribution in [0.15, 0.2) is 23.1 Å². The van der Waals surface area contributed by atoms with Gasteiger partial charge in [-0.15, -0.1) is 0 Å². The van der Waals surface area contributed by atoms with Gasteiger partial charge in [0, 0.05) is 19.8 Å². The van der Waals surface area contributed by atoms with Crippen molar-refractivity contribution in [2.45, 2.75) is 19.4 Å². The third-order valence-electron chi connectivity index (χ3n) is 2.91. The molecule has 0 bridgehead atoms. The molecule has 0 radical (unpaired) electrons. The van der Waals surface area contributed by atoms with Crippen LogP contribution in [-0.2, 0) is 12.6 Å². The maximum absolute atomic E-state index is 12.1. The van der Waals surface area contributed by atoms with Crippen LogP contribution in [0.3, 0.4) is 0 Å². The molecule has 2 aromatic heterocycles. The molecule has 0 saturated carbocycles. The quantitative estimate of drug-likeness (QED) is 0.798. The molecule has 5 nitrogen and oxygen atoms in total. The second kappa shape index (κ2) is 3.45. The fourth-order valence-electron chi connectivity index (χ4n) is 1.84. The van der Waals surface area contributed by atoms with Gasteiger partial charge in [-0.05, 0) is 26.0 Å². The van der Waals surface area contributed by atoms with Gasteiger partial charge in [-0.2, -0.15) is 0 Å². The highest BCUT2D eigenvalue weighted by atomic mass is 16.1. The average molecular weight is 220 g/mol. The standard InChI is InChI=1S/C11H16N4O/c1-11(2,7-12)15-8-5-4-6-13-9(8)14(3)10(15)16/h4-6H,7,12H2,1-3H3. The highest BCUT2D eigenvalue weighted by Gasteiger charge is 2.24. The molecule has 0 saturated heterocycles. The zero-order valence-electron chi connectivity index (χ0n) is 9.77. The van der Waals surface area contributed by atoms with Crippen molar-refractivity contribution in [2.75, 3.05) is 6.54 Å². The van der Waals surface area contributed by atoms with Crippen LogP contribution in [0.2, 0.25) is 0 Å². The van der Waals surface area contributed by atoms with Crippen molar-refractivity contribution in [3.05, 3.63) is 28.8 Å². The molecule has 2 heterocycles. The Kier molecular flexibility index (Phi) is 2.35. The van der Waals surface area contributed by atoms with Crippen molar-refractivity contribution in [3.63, 3.8) is 0 Å². The first kappa shape index (κ1) is 10.9. The normalized spacial score (nSPS) is 12.2. The third-order valence-corrected chi connectivity index (χ3v) is 2.91. The summed E-state index contributed by atoms with van der Waals surface area (Å²) in [5, 5.41) is 0. The molecule has 2 N–H and O–H groups in total. The molecule has 0 aliphatic heterocycles. The molecule has 5 heteroatoms. The summed E-state index contributed by atoms with van der Waals surface area (Å²) in [6.07, 6.45) is 1.68. The number of fused-ring (bicyclic) bond motifs is 1. The lowest BCUT2D eigenvalue weighted by atomic mass is 10.1. The molecule has 86 valence electrons. The van der Waals surface area contributed by atoms with Gasteiger partial charge in [0.2, 0.25) is 0 Å². The van der Waals surface area contributed by atoms with Gasteiger partial charge in [-0.3, -0.25) is 9.13 Å². The molecular formula is C11H16N4O. The topological polar surface area (TPSA) is 65.8 Å². The van der Waals surface area contributed by atoms with Crippen LogP contribution in [0.4, 0.5) is 0 Å². The number of aromatic nitrogens is 3. The minimum Gasteiger partial charge on any atom is -0.328 e. The van der Waals surface area contributed by atoms with Crippen molar-refractivity contribution in [2.24, 2.45) is 12.8 Å². The summed E-state index contributed by atoms with van der Waals surface area (Å²) < 4.78 is 3.25. The lowest BCUT2D eigenvalue weighted by Gasteiger charge is -2.24. The molecule has 0 spiro atoms. The van der Waals surface area contributed by atoms with E-state index in [9.17, 15) is 4.79 Å². The van der Waals surface area contributed by atoms with E-state index in [1.54, 1.807) is 22.4 Å². The van der Waals surface area contributed by atoms with Crippen LogP contribution in [0.5, 0.6) is 0 Å². The van der Waals surface area contributed by atoms with Gasteiger partial charge in [0.1, 0.15) is 0 Å². The molecule has 0 aromatic carbocycles. The van der Waals surface area contributed by atoms with E-state index in [1.807, 2.05) is 26.0 Å². The number of aryl methyl sites for hydroxylation is 1. The van der Waals surface area contributed by atoms with E-state index in [-0.39, 0.29) is 5.69 Å². The van der Waals surface area contributed by atoms with Crippen LogP contribution in [0.1, 0.15) is 13.8 Å². The van der Waals surface area contributed by atoms with E-state index >= 15 is 0 Å². The fraction of sp³-hybridized carbons (Fsp3) is 0.455. The van der Waals surface area contributed by atoms with Gasteiger partial charge in [0.05, 0.1) is 11.1 Å². The van der Waals surface area contributed by atoms with Crippen LogP contribution < -0.4 is 11.4 Å². The lowest BCUT2D eigenvalue weighted by molar-refractivity contribution is 0.363. The Morgan fingerprint density at radius 3 is 2.81 bits per heavy atom. The molecule has 0 fully saturated rings. The predicted octanol–water partition coefficient (Wildman–Crippen LogP) is 0.429. The highest BCUT2D eigenvalue weighted by Crippen LogP contribution is 2.18. The summed E-state index contributed by atoms with van der Waals surface area (Å²) >= 11 is 0. The molecule has 0 aliphatic carbocycles. The maximum atomic E-state index is 12.1. The van der Waals surface area contributed by atoms with E-state index in [1.165, 1.54) is 0 Å². The summed E-state index contributed by atoms with van der Waals surface area (Å²) in [7, 11) is 1.72. The average Bonchev–Trinajstić information content (AvgIpc) is 2.53. The van der Waals surface area contributed by atoms with Crippen LogP contribution in [0, 0.1) is 0 Å². The molecule has 0 amide bonds. The maximum Gasteiger partial charge on any atom is 0.330 e. The number of hydrogen-bond donors (Lipinski definition) is 1. The number of nitrogens with zero attached hydrogens (tertiary/aromatic N) is 3. The van der Waals surface area contributed by atoms with Crippen molar-refractivity contribution in [1.29, 1.82) is 0 Å². The number of nitrogens with two attached hydrogens (primary N) is 1. The molecular weight excluding hydrogens is 204 g/mol. The SMILES string of the molecule is Cn1c(=O)n(C(C)(C)CN)c2cccnc21. The van der Waals surface area contributed by atoms with Crippen molar-refractivity contribution < 1.29 is 0 Å². The van der Waals surface area contributed by atoms with Gasteiger partial charge >= 0.3 is 5.69 Å². The number of imidazole rings is 1. The first-order chi connectivity index (χ1) is 7.49. The molecule has 0 atom stereocenters. The van der Waals surface area contributed by atoms with E-state index in [0.29, 0.717) is 12.2 Å². The zero-order valence-corrected chi connectivity index (χ0v) is 9.77. The smallest absolute Gasteiger partial charge is 0.328 e. The van der Waals surface area contributed by atoms with Crippen LogP contribution in [0.25, 0.3) is 11.2 Å². The molecule has 0 aliphatic rings. The Hall–Kier alpha value is -1.62. The highest BCUT2D eigenvalue weighted by molar-refractivity contribution is 5.71. The molecule has 2 aromatic rings. The summed E-state index contributed by atoms with van der Waals surface area (Å²) in [6.45, 7) is 4.29. The van der Waals surface area contributed by atoms with E-state index in [0.717, 1.165) is 5.52 Å². The molecule has 0 unspecified atom stereocenters. The summed E-state index contributed by atoms with van der Waals surface area (Å²) in [6, 6.07) is 3.71. The first-order valence-electron chi connectivity index (χ1n) is 5.22. The number of hydrogen-bond acceptors (Lipinski definition) is 3. The Morgan fingerprint density at radius 2 is 2.19 bits per heavy atom. The minimum absolute atomic E-state index is 0.0795. The second-order valence-electron chi connectivity index (χ2n) is 4.54. The summed E-state index contributed by atoms with van der Waals surface area (Å²) in [4.78, 5) is 16.3. The Morgan fingerprint density at radius 1 is 1.50 bits per heavy atom. The Balaban J connectivity index is 2.90. The van der Waals surface area contributed by atoms with Gasteiger partial charge in [-0.25, -0.2) is 9.78 Å². The van der Waals surface area contributed by atoms with Crippen LogP contribution in [-0.4, -0.2) is 20.7 Å². The van der Waals surface area contributed by atoms with Crippen molar-refractivity contribution in [3.8, 4) is 0 Å². The molecule has 16 heavy (non-hydrogen) atoms. The largest absolute Gasteiger partial charge is 0.330 e. The molecule has 2 rings (SSSR count). The summed E-state index contributed by atoms with van der Waals surface area (Å²) in [5.41, 5.74) is 6.75. The van der Waals surface area contributed by atoms with E-state index < -0.39 is 5.54 Å². The van der Waals surface area contributed by atoms with E-state index in [2.05, 4.69) is 4.98 Å². The lowest BCUT2D eigenvalue weighted by Crippen LogP contribution is -2.41. The van der Waals surface area contributed by atoms with Gasteiger partial charge in [0.15, 0.2) is 5.65 Å². The first-order valence-corrected chi connectivity index (χ1v) is 5.22. The zero-order chi connectivity index (χ0) is 11.9. The third kappa shape index (κ3) is 1.36. The number of pyridine rings is 1. The van der Waals surface area contributed by atoms with Gasteiger partial charge in [0.25, 0.3) is 0 Å². The number of rotatable bonds is 2. The predicted molar refractivity (Wildman–Crippen MR) is 63.4 cm³/mol. The van der Waals surface area contributed by atoms with Crippen molar-refractivity contribution >= 4 is 11.2 Å². The minimum atomic E-state index is -0.403. The van der Waals surface area contributed by atoms with Crippen LogP contribution >= 0.6 is 0 Å². The summed E-state index contributed by atoms with van der Waals surface area (Å²) in [5.74, 6) is 0. The van der Waals surface area contributed by atoms with Gasteiger partial charge in [-0.1, -0.05) is 0 Å². The second-order valence-corrected chi connectivity index (χ2v) is 4.54. The van der Waals surface area contributed by atoms with E-state index in [4.69, 9.17) is 5.73 Å².